The van der Waals surface area contributed by atoms with E-state index in [1.165, 1.54) is 29.8 Å². The largest absolute Gasteiger partial charge is 0.492 e. The summed E-state index contributed by atoms with van der Waals surface area (Å²) in [7, 11) is 0. The Morgan fingerprint density at radius 1 is 1.12 bits per heavy atom. The van der Waals surface area contributed by atoms with Gasteiger partial charge in [0.15, 0.2) is 5.76 Å². The molecule has 0 aliphatic carbocycles. The summed E-state index contributed by atoms with van der Waals surface area (Å²) in [5.74, 6) is 0.191. The van der Waals surface area contributed by atoms with Crippen molar-refractivity contribution < 1.29 is 18.3 Å². The number of nitrogens with one attached hydrogen (secondary N) is 1. The normalized spacial score (nSPS) is 11.5. The maximum Gasteiger partial charge on any atom is 0.287 e. The number of hydrogen-bond acceptors (Lipinski definition) is 3. The van der Waals surface area contributed by atoms with Crippen molar-refractivity contribution in [1.82, 2.24) is 5.32 Å². The first-order valence-corrected chi connectivity index (χ1v) is 8.53. The molecule has 0 spiro atoms. The van der Waals surface area contributed by atoms with Crippen LogP contribution < -0.4 is 10.1 Å². The van der Waals surface area contributed by atoms with Gasteiger partial charge in [0.25, 0.3) is 5.91 Å². The molecule has 3 rings (SSSR count). The Labute approximate surface area is 152 Å². The molecule has 0 fully saturated rings. The molecule has 0 bridgehead atoms. The van der Waals surface area contributed by atoms with Crippen LogP contribution >= 0.6 is 0 Å². The van der Waals surface area contributed by atoms with E-state index in [4.69, 9.17) is 9.15 Å². The Morgan fingerprint density at radius 2 is 1.85 bits per heavy atom. The van der Waals surface area contributed by atoms with Crippen molar-refractivity contribution >= 4 is 16.9 Å². The highest BCUT2D eigenvalue weighted by molar-refractivity contribution is 5.96. The fourth-order valence-electron chi connectivity index (χ4n) is 2.60. The van der Waals surface area contributed by atoms with Crippen molar-refractivity contribution in [2.45, 2.75) is 26.2 Å². The number of rotatable bonds is 5. The van der Waals surface area contributed by atoms with Crippen LogP contribution in [-0.2, 0) is 5.41 Å². The number of fused-ring (bicyclic) bond motifs is 1. The quantitative estimate of drug-likeness (QED) is 0.676. The number of benzene rings is 2. The highest BCUT2D eigenvalue weighted by Gasteiger charge is 2.14. The van der Waals surface area contributed by atoms with Crippen molar-refractivity contribution in [3.05, 3.63) is 65.7 Å². The first-order chi connectivity index (χ1) is 12.3. The van der Waals surface area contributed by atoms with E-state index in [-0.39, 0.29) is 22.9 Å². The molecule has 5 heteroatoms. The third-order valence-corrected chi connectivity index (χ3v) is 4.08. The van der Waals surface area contributed by atoms with Crippen molar-refractivity contribution in [3.63, 3.8) is 0 Å². The molecule has 0 unspecified atom stereocenters. The molecule has 0 aliphatic rings. The molecule has 26 heavy (non-hydrogen) atoms. The summed E-state index contributed by atoms with van der Waals surface area (Å²) < 4.78 is 24.3. The highest BCUT2D eigenvalue weighted by Crippen LogP contribution is 2.24. The average Bonchev–Trinajstić information content (AvgIpc) is 3.01. The summed E-state index contributed by atoms with van der Waals surface area (Å²) in [4.78, 5) is 12.1. The van der Waals surface area contributed by atoms with E-state index in [0.717, 1.165) is 5.75 Å². The first kappa shape index (κ1) is 18.0. The van der Waals surface area contributed by atoms with Crippen LogP contribution in [0.2, 0.25) is 0 Å². The lowest BCUT2D eigenvalue weighted by Crippen LogP contribution is -2.27. The van der Waals surface area contributed by atoms with Crippen molar-refractivity contribution in [3.8, 4) is 5.75 Å². The molecule has 2 aromatic carbocycles. The topological polar surface area (TPSA) is 51.5 Å². The Kier molecular flexibility index (Phi) is 4.98. The molecule has 1 amide bonds. The predicted molar refractivity (Wildman–Crippen MR) is 99.1 cm³/mol. The summed E-state index contributed by atoms with van der Waals surface area (Å²) in [5.41, 5.74) is 1.81. The number of carbonyl (C=O) groups excluding carboxylic acids is 1. The van der Waals surface area contributed by atoms with Crippen LogP contribution in [0.5, 0.6) is 5.75 Å². The second-order valence-corrected chi connectivity index (χ2v) is 7.17. The lowest BCUT2D eigenvalue weighted by molar-refractivity contribution is 0.0921. The van der Waals surface area contributed by atoms with Gasteiger partial charge in [-0.2, -0.15) is 0 Å². The molecule has 0 radical (unpaired) electrons. The lowest BCUT2D eigenvalue weighted by atomic mass is 9.87. The van der Waals surface area contributed by atoms with Gasteiger partial charge in [0.2, 0.25) is 0 Å². The fraction of sp³-hybridized carbons (Fsp3) is 0.286. The van der Waals surface area contributed by atoms with Crippen LogP contribution in [0.3, 0.4) is 0 Å². The fourth-order valence-corrected chi connectivity index (χ4v) is 2.60. The molecular formula is C21H22FNO3. The molecule has 4 nitrogen and oxygen atoms in total. The van der Waals surface area contributed by atoms with E-state index in [9.17, 15) is 9.18 Å². The number of halogens is 1. The highest BCUT2D eigenvalue weighted by atomic mass is 19.1. The van der Waals surface area contributed by atoms with Crippen molar-refractivity contribution in [2.24, 2.45) is 0 Å². The van der Waals surface area contributed by atoms with E-state index >= 15 is 0 Å². The number of carbonyl (C=O) groups is 1. The molecule has 0 saturated carbocycles. The van der Waals surface area contributed by atoms with Gasteiger partial charge >= 0.3 is 0 Å². The number of amides is 1. The van der Waals surface area contributed by atoms with Gasteiger partial charge in [-0.05, 0) is 47.4 Å². The van der Waals surface area contributed by atoms with Crippen LogP contribution in [0.4, 0.5) is 4.39 Å². The molecule has 0 saturated heterocycles. The summed E-state index contributed by atoms with van der Waals surface area (Å²) in [6, 6.07) is 13.6. The van der Waals surface area contributed by atoms with Gasteiger partial charge in [-0.1, -0.05) is 32.9 Å². The summed E-state index contributed by atoms with van der Waals surface area (Å²) in [5, 5.41) is 3.29. The third kappa shape index (κ3) is 4.23. The van der Waals surface area contributed by atoms with E-state index in [1.807, 2.05) is 24.3 Å². The lowest BCUT2D eigenvalue weighted by Gasteiger charge is -2.19. The smallest absolute Gasteiger partial charge is 0.287 e. The number of furan rings is 1. The minimum absolute atomic E-state index is 0.0992. The van der Waals surface area contributed by atoms with Crippen LogP contribution in [0.25, 0.3) is 11.0 Å². The maximum atomic E-state index is 13.2. The zero-order chi connectivity index (χ0) is 18.7. The SMILES string of the molecule is CC(C)(C)c1ccc(OCCNC(=O)c2cc3cc(F)ccc3o2)cc1. The van der Waals surface area contributed by atoms with E-state index in [2.05, 4.69) is 26.1 Å². The summed E-state index contributed by atoms with van der Waals surface area (Å²) in [6.45, 7) is 7.15. The van der Waals surface area contributed by atoms with Crippen LogP contribution in [0.15, 0.2) is 52.9 Å². The minimum Gasteiger partial charge on any atom is -0.492 e. The summed E-state index contributed by atoms with van der Waals surface area (Å²) in [6.07, 6.45) is 0. The van der Waals surface area contributed by atoms with Gasteiger partial charge < -0.3 is 14.5 Å². The first-order valence-electron chi connectivity index (χ1n) is 8.53. The number of hydrogen-bond donors (Lipinski definition) is 1. The van der Waals surface area contributed by atoms with Crippen LogP contribution in [0, 0.1) is 5.82 Å². The Hall–Kier alpha value is -2.82. The second-order valence-electron chi connectivity index (χ2n) is 7.17. The van der Waals surface area contributed by atoms with E-state index < -0.39 is 0 Å². The molecule has 136 valence electrons. The molecular weight excluding hydrogens is 333 g/mol. The molecule has 0 atom stereocenters. The molecule has 3 aromatic rings. The standard InChI is InChI=1S/C21H22FNO3/c1-21(2,3)15-4-7-17(8-5-15)25-11-10-23-20(24)19-13-14-12-16(22)6-9-18(14)26-19/h4-9,12-13H,10-11H2,1-3H3,(H,23,24). The average molecular weight is 355 g/mol. The number of ether oxygens (including phenoxy) is 1. The van der Waals surface area contributed by atoms with Gasteiger partial charge in [0.1, 0.15) is 23.8 Å². The zero-order valence-corrected chi connectivity index (χ0v) is 15.1. The maximum absolute atomic E-state index is 13.2. The summed E-state index contributed by atoms with van der Waals surface area (Å²) >= 11 is 0. The second kappa shape index (κ2) is 7.20. The molecule has 0 aliphatic heterocycles. The van der Waals surface area contributed by atoms with Gasteiger partial charge in [-0.15, -0.1) is 0 Å². The molecule has 1 N–H and O–H groups in total. The minimum atomic E-state index is -0.365. The van der Waals surface area contributed by atoms with Crippen molar-refractivity contribution in [2.75, 3.05) is 13.2 Å². The van der Waals surface area contributed by atoms with Gasteiger partial charge in [0.05, 0.1) is 6.54 Å². The monoisotopic (exact) mass is 355 g/mol. The van der Waals surface area contributed by atoms with Crippen LogP contribution in [0.1, 0.15) is 36.9 Å². The Morgan fingerprint density at radius 3 is 2.54 bits per heavy atom. The van der Waals surface area contributed by atoms with Gasteiger partial charge in [0, 0.05) is 5.39 Å². The van der Waals surface area contributed by atoms with E-state index in [1.54, 1.807) is 0 Å². The van der Waals surface area contributed by atoms with Crippen molar-refractivity contribution in [1.29, 1.82) is 0 Å². The van der Waals surface area contributed by atoms with Gasteiger partial charge in [-0.3, -0.25) is 4.79 Å². The van der Waals surface area contributed by atoms with E-state index in [0.29, 0.717) is 24.1 Å². The van der Waals surface area contributed by atoms with Crippen LogP contribution in [-0.4, -0.2) is 19.1 Å². The zero-order valence-electron chi connectivity index (χ0n) is 15.1. The Bertz CT molecular complexity index is 907. The predicted octanol–water partition coefficient (Wildman–Crippen LogP) is 4.68. The van der Waals surface area contributed by atoms with Gasteiger partial charge in [-0.25, -0.2) is 4.39 Å². The third-order valence-electron chi connectivity index (χ3n) is 4.08. The molecule has 1 heterocycles. The Balaban J connectivity index is 1.50. The molecule has 1 aromatic heterocycles.